The zero-order valence-electron chi connectivity index (χ0n) is 15.3. The number of alkyl halides is 3. The summed E-state index contributed by atoms with van der Waals surface area (Å²) >= 11 is 0. The van der Waals surface area contributed by atoms with Crippen molar-refractivity contribution < 1.29 is 26.4 Å². The van der Waals surface area contributed by atoms with Gasteiger partial charge in [-0.3, -0.25) is 9.10 Å². The molecule has 0 aromatic heterocycles. The highest BCUT2D eigenvalue weighted by atomic mass is 32.2. The molecule has 5 nitrogen and oxygen atoms in total. The molecule has 0 aliphatic heterocycles. The number of carbonyl (C=O) groups excluding carboxylic acids is 1. The van der Waals surface area contributed by atoms with Crippen LogP contribution in [0.15, 0.2) is 66.7 Å². The van der Waals surface area contributed by atoms with Crippen LogP contribution >= 0.6 is 0 Å². The van der Waals surface area contributed by atoms with E-state index >= 15 is 0 Å². The van der Waals surface area contributed by atoms with E-state index in [0.29, 0.717) is 5.69 Å². The van der Waals surface area contributed by atoms with Crippen molar-refractivity contribution in [2.75, 3.05) is 22.4 Å². The number of rotatable bonds is 5. The highest BCUT2D eigenvalue weighted by molar-refractivity contribution is 7.92. The van der Waals surface area contributed by atoms with Crippen LogP contribution in [0, 0.1) is 0 Å². The molecule has 1 N–H and O–H groups in total. The van der Waals surface area contributed by atoms with Gasteiger partial charge in [0.1, 0.15) is 6.54 Å². The largest absolute Gasteiger partial charge is 0.416 e. The summed E-state index contributed by atoms with van der Waals surface area (Å²) in [6.07, 6.45) is -3.66. The van der Waals surface area contributed by atoms with Gasteiger partial charge in [0.2, 0.25) is 15.9 Å². The van der Waals surface area contributed by atoms with E-state index in [4.69, 9.17) is 0 Å². The van der Waals surface area contributed by atoms with Gasteiger partial charge in [0.15, 0.2) is 0 Å². The molecule has 29 heavy (non-hydrogen) atoms. The number of anilines is 2. The van der Waals surface area contributed by atoms with Crippen LogP contribution in [0.4, 0.5) is 24.5 Å². The minimum Gasteiger partial charge on any atom is -0.324 e. The Morgan fingerprint density at radius 1 is 0.966 bits per heavy atom. The summed E-state index contributed by atoms with van der Waals surface area (Å²) in [7, 11) is -3.90. The first-order chi connectivity index (χ1) is 13.6. The van der Waals surface area contributed by atoms with Gasteiger partial charge in [0.05, 0.1) is 17.5 Å². The van der Waals surface area contributed by atoms with E-state index < -0.39 is 34.2 Å². The zero-order chi connectivity index (χ0) is 21.2. The van der Waals surface area contributed by atoms with Gasteiger partial charge in [0, 0.05) is 11.1 Å². The SMILES string of the molecule is CS(=O)(=O)N(CC(=O)Nc1cccc2ccccc12)c1ccc(C(F)(F)F)cc1. The maximum absolute atomic E-state index is 12.7. The normalized spacial score (nSPS) is 12.0. The zero-order valence-corrected chi connectivity index (χ0v) is 16.1. The molecule has 0 atom stereocenters. The molecule has 152 valence electrons. The Morgan fingerprint density at radius 3 is 2.21 bits per heavy atom. The predicted octanol–water partition coefficient (Wildman–Crippen LogP) is 4.26. The first kappa shape index (κ1) is 20.7. The van der Waals surface area contributed by atoms with Gasteiger partial charge < -0.3 is 5.32 Å². The van der Waals surface area contributed by atoms with Crippen molar-refractivity contribution in [3.63, 3.8) is 0 Å². The molecule has 0 spiro atoms. The monoisotopic (exact) mass is 422 g/mol. The molecule has 0 radical (unpaired) electrons. The van der Waals surface area contributed by atoms with E-state index in [1.165, 1.54) is 0 Å². The van der Waals surface area contributed by atoms with E-state index in [1.54, 1.807) is 12.1 Å². The second kappa shape index (κ2) is 7.75. The number of sulfonamides is 1. The maximum Gasteiger partial charge on any atom is 0.416 e. The first-order valence-electron chi connectivity index (χ1n) is 8.48. The minimum atomic E-state index is -4.54. The number of halogens is 3. The molecule has 0 bridgehead atoms. The molecule has 0 heterocycles. The van der Waals surface area contributed by atoms with Gasteiger partial charge in [-0.05, 0) is 35.7 Å². The molecular formula is C20H17F3N2O3S. The lowest BCUT2D eigenvalue weighted by molar-refractivity contribution is -0.137. The van der Waals surface area contributed by atoms with Crippen LogP contribution in [0.3, 0.4) is 0 Å². The van der Waals surface area contributed by atoms with Crippen molar-refractivity contribution in [1.29, 1.82) is 0 Å². The number of nitrogens with zero attached hydrogens (tertiary/aromatic N) is 1. The number of hydrogen-bond donors (Lipinski definition) is 1. The van der Waals surface area contributed by atoms with E-state index in [0.717, 1.165) is 45.6 Å². The number of hydrogen-bond acceptors (Lipinski definition) is 3. The van der Waals surface area contributed by atoms with Crippen molar-refractivity contribution in [2.24, 2.45) is 0 Å². The summed E-state index contributed by atoms with van der Waals surface area (Å²) in [6, 6.07) is 16.2. The Morgan fingerprint density at radius 2 is 1.59 bits per heavy atom. The molecule has 0 saturated heterocycles. The molecule has 0 aliphatic rings. The van der Waals surface area contributed by atoms with Crippen LogP contribution in [0.1, 0.15) is 5.56 Å². The van der Waals surface area contributed by atoms with E-state index in [9.17, 15) is 26.4 Å². The van der Waals surface area contributed by atoms with Gasteiger partial charge in [-0.2, -0.15) is 13.2 Å². The van der Waals surface area contributed by atoms with Crippen LogP contribution in [0.25, 0.3) is 10.8 Å². The molecule has 3 rings (SSSR count). The number of fused-ring (bicyclic) bond motifs is 1. The van der Waals surface area contributed by atoms with Crippen molar-refractivity contribution in [3.05, 3.63) is 72.3 Å². The quantitative estimate of drug-likeness (QED) is 0.668. The molecule has 0 aliphatic carbocycles. The standard InChI is InChI=1S/C20H17F3N2O3S/c1-29(27,28)25(16-11-9-15(10-12-16)20(21,22)23)13-19(26)24-18-8-4-6-14-5-2-3-7-17(14)18/h2-12H,13H2,1H3,(H,24,26). The fourth-order valence-electron chi connectivity index (χ4n) is 2.87. The van der Waals surface area contributed by atoms with Crippen LogP contribution < -0.4 is 9.62 Å². The van der Waals surface area contributed by atoms with Gasteiger partial charge in [-0.1, -0.05) is 36.4 Å². The molecule has 0 saturated carbocycles. The molecule has 9 heteroatoms. The second-order valence-corrected chi connectivity index (χ2v) is 8.30. The highest BCUT2D eigenvalue weighted by Gasteiger charge is 2.31. The summed E-state index contributed by atoms with van der Waals surface area (Å²) in [4.78, 5) is 12.5. The fourth-order valence-corrected chi connectivity index (χ4v) is 3.73. The number of benzene rings is 3. The summed E-state index contributed by atoms with van der Waals surface area (Å²) in [5, 5.41) is 4.35. The fraction of sp³-hybridized carbons (Fsp3) is 0.150. The third-order valence-electron chi connectivity index (χ3n) is 4.23. The van der Waals surface area contributed by atoms with E-state index in [1.807, 2.05) is 30.3 Å². The third kappa shape index (κ3) is 4.86. The van der Waals surface area contributed by atoms with Crippen LogP contribution in [0.5, 0.6) is 0 Å². The van der Waals surface area contributed by atoms with E-state index in [-0.39, 0.29) is 5.69 Å². The summed E-state index contributed by atoms with van der Waals surface area (Å²) in [5.74, 6) is -0.619. The van der Waals surface area contributed by atoms with Gasteiger partial charge in [-0.15, -0.1) is 0 Å². The Hall–Kier alpha value is -3.07. The Kier molecular flexibility index (Phi) is 5.52. The Labute approximate surface area is 165 Å². The lowest BCUT2D eigenvalue weighted by Gasteiger charge is -2.22. The van der Waals surface area contributed by atoms with Crippen LogP contribution in [-0.2, 0) is 21.0 Å². The van der Waals surface area contributed by atoms with Gasteiger partial charge in [0.25, 0.3) is 0 Å². The molecule has 3 aromatic rings. The maximum atomic E-state index is 12.7. The molecule has 0 unspecified atom stereocenters. The molecule has 0 fully saturated rings. The molecule has 3 aromatic carbocycles. The number of carbonyl (C=O) groups is 1. The third-order valence-corrected chi connectivity index (χ3v) is 5.37. The molecular weight excluding hydrogens is 405 g/mol. The Balaban J connectivity index is 1.85. The topological polar surface area (TPSA) is 66.5 Å². The number of amides is 1. The summed E-state index contributed by atoms with van der Waals surface area (Å²) < 4.78 is 63.2. The van der Waals surface area contributed by atoms with Gasteiger partial charge >= 0.3 is 6.18 Å². The minimum absolute atomic E-state index is 0.0337. The van der Waals surface area contributed by atoms with Crippen molar-refractivity contribution in [1.82, 2.24) is 0 Å². The van der Waals surface area contributed by atoms with Crippen LogP contribution in [-0.4, -0.2) is 27.1 Å². The average Bonchev–Trinajstić information content (AvgIpc) is 2.65. The van der Waals surface area contributed by atoms with Crippen molar-refractivity contribution in [2.45, 2.75) is 6.18 Å². The summed E-state index contributed by atoms with van der Waals surface area (Å²) in [5.41, 5.74) is -0.433. The Bertz CT molecular complexity index is 1140. The smallest absolute Gasteiger partial charge is 0.324 e. The first-order valence-corrected chi connectivity index (χ1v) is 10.3. The van der Waals surface area contributed by atoms with Crippen molar-refractivity contribution >= 4 is 38.1 Å². The van der Waals surface area contributed by atoms with Crippen LogP contribution in [0.2, 0.25) is 0 Å². The second-order valence-electron chi connectivity index (χ2n) is 6.39. The molecule has 1 amide bonds. The lowest BCUT2D eigenvalue weighted by atomic mass is 10.1. The van der Waals surface area contributed by atoms with Gasteiger partial charge in [-0.25, -0.2) is 8.42 Å². The number of nitrogens with one attached hydrogen (secondary N) is 1. The summed E-state index contributed by atoms with van der Waals surface area (Å²) in [6.45, 7) is -0.576. The average molecular weight is 422 g/mol. The predicted molar refractivity (Wildman–Crippen MR) is 106 cm³/mol. The highest BCUT2D eigenvalue weighted by Crippen LogP contribution is 2.31. The van der Waals surface area contributed by atoms with Crippen molar-refractivity contribution in [3.8, 4) is 0 Å². The lowest BCUT2D eigenvalue weighted by Crippen LogP contribution is -2.37. The van der Waals surface area contributed by atoms with E-state index in [2.05, 4.69) is 5.32 Å².